The van der Waals surface area contributed by atoms with Crippen LogP contribution in [0.4, 0.5) is 10.5 Å². The van der Waals surface area contributed by atoms with Crippen molar-refractivity contribution in [2.45, 2.75) is 19.3 Å². The number of methoxy groups -OCH3 is 1. The second-order valence-electron chi connectivity index (χ2n) is 7.84. The maximum Gasteiger partial charge on any atom is 0.335 e. The lowest BCUT2D eigenvalue weighted by molar-refractivity contribution is -0.143. The fourth-order valence-corrected chi connectivity index (χ4v) is 4.25. The molecule has 33 heavy (non-hydrogen) atoms. The van der Waals surface area contributed by atoms with E-state index in [1.165, 1.54) is 7.11 Å². The number of hydrogen-bond acceptors (Lipinski definition) is 5. The van der Waals surface area contributed by atoms with Crippen molar-refractivity contribution in [1.29, 1.82) is 0 Å². The summed E-state index contributed by atoms with van der Waals surface area (Å²) in [5.74, 6) is -0.643. The summed E-state index contributed by atoms with van der Waals surface area (Å²) in [5.41, 5.74) is 0.643. The number of carbonyl (C=O) groups is 3. The summed E-state index contributed by atoms with van der Waals surface area (Å²) in [7, 11) is 1.51. The van der Waals surface area contributed by atoms with E-state index in [1.807, 2.05) is 36.4 Å². The number of ether oxygens (including phenoxy) is 1. The first-order valence-corrected chi connectivity index (χ1v) is 11.2. The molecular formula is C25H22BrN3O4. The Morgan fingerprint density at radius 1 is 1.00 bits per heavy atom. The lowest BCUT2D eigenvalue weighted by Gasteiger charge is -2.39. The third-order valence-electron chi connectivity index (χ3n) is 5.79. The van der Waals surface area contributed by atoms with Gasteiger partial charge >= 0.3 is 6.03 Å². The predicted octanol–water partition coefficient (Wildman–Crippen LogP) is 4.30. The molecule has 1 fully saturated rings. The maximum absolute atomic E-state index is 13.9. The number of imide groups is 2. The van der Waals surface area contributed by atoms with Crippen LogP contribution in [0.3, 0.4) is 0 Å². The van der Waals surface area contributed by atoms with Crippen molar-refractivity contribution in [1.82, 2.24) is 10.3 Å². The van der Waals surface area contributed by atoms with E-state index in [0.29, 0.717) is 17.9 Å². The zero-order chi connectivity index (χ0) is 23.4. The van der Waals surface area contributed by atoms with Crippen molar-refractivity contribution >= 4 is 39.5 Å². The Balaban J connectivity index is 1.76. The molecule has 2 heterocycles. The predicted molar refractivity (Wildman–Crippen MR) is 127 cm³/mol. The van der Waals surface area contributed by atoms with Gasteiger partial charge in [-0.1, -0.05) is 34.1 Å². The molecule has 0 aliphatic carbocycles. The molecule has 2 aromatic carbocycles. The van der Waals surface area contributed by atoms with E-state index >= 15 is 0 Å². The first-order valence-electron chi connectivity index (χ1n) is 10.4. The summed E-state index contributed by atoms with van der Waals surface area (Å²) in [6.07, 6.45) is 4.20. The molecule has 1 aliphatic rings. The molecule has 4 amide bonds. The summed E-state index contributed by atoms with van der Waals surface area (Å²) in [4.78, 5) is 45.1. The molecule has 0 radical (unpaired) electrons. The summed E-state index contributed by atoms with van der Waals surface area (Å²) >= 11 is 3.41. The Kier molecular flexibility index (Phi) is 6.55. The average Bonchev–Trinajstić information content (AvgIpc) is 2.83. The molecule has 1 N–H and O–H groups in total. The van der Waals surface area contributed by atoms with Crippen molar-refractivity contribution in [3.8, 4) is 5.75 Å². The molecule has 168 valence electrons. The van der Waals surface area contributed by atoms with E-state index in [4.69, 9.17) is 4.74 Å². The van der Waals surface area contributed by atoms with Gasteiger partial charge in [0, 0.05) is 22.9 Å². The van der Waals surface area contributed by atoms with Crippen LogP contribution >= 0.6 is 15.9 Å². The number of halogens is 1. The Morgan fingerprint density at radius 2 is 1.73 bits per heavy atom. The lowest BCUT2D eigenvalue weighted by atomic mass is 9.73. The molecule has 1 aliphatic heterocycles. The number of amides is 4. The minimum absolute atomic E-state index is 0.157. The summed E-state index contributed by atoms with van der Waals surface area (Å²) < 4.78 is 6.15. The van der Waals surface area contributed by atoms with E-state index in [-0.39, 0.29) is 12.8 Å². The van der Waals surface area contributed by atoms with Gasteiger partial charge in [-0.2, -0.15) is 0 Å². The summed E-state index contributed by atoms with van der Waals surface area (Å²) in [6.45, 7) is 0. The monoisotopic (exact) mass is 507 g/mol. The van der Waals surface area contributed by atoms with Crippen LogP contribution in [0.25, 0.3) is 0 Å². The van der Waals surface area contributed by atoms with Gasteiger partial charge in [0.05, 0.1) is 12.8 Å². The van der Waals surface area contributed by atoms with E-state index in [2.05, 4.69) is 26.2 Å². The van der Waals surface area contributed by atoms with Gasteiger partial charge in [-0.05, 0) is 66.8 Å². The number of aromatic nitrogens is 1. The highest BCUT2D eigenvalue weighted by Crippen LogP contribution is 2.37. The molecule has 0 bridgehead atoms. The van der Waals surface area contributed by atoms with Crippen molar-refractivity contribution in [3.63, 3.8) is 0 Å². The minimum atomic E-state index is -1.46. The molecule has 8 heteroatoms. The van der Waals surface area contributed by atoms with Gasteiger partial charge in [0.25, 0.3) is 5.91 Å². The molecule has 1 aromatic heterocycles. The van der Waals surface area contributed by atoms with Crippen LogP contribution in [-0.4, -0.2) is 29.9 Å². The molecule has 7 nitrogen and oxygen atoms in total. The number of aryl methyl sites for hydroxylation is 1. The number of nitrogens with zero attached hydrogens (tertiary/aromatic N) is 2. The SMILES string of the molecule is COc1cccc(N2C(=O)NC(=O)[C@](CCc3ccncc3)(Cc3ccc(Br)cc3)C2=O)c1. The molecule has 4 rings (SSSR count). The first-order chi connectivity index (χ1) is 15.9. The molecule has 1 saturated heterocycles. The molecule has 0 saturated carbocycles. The number of anilines is 1. The number of carbonyl (C=O) groups excluding carboxylic acids is 3. The van der Waals surface area contributed by atoms with Crippen molar-refractivity contribution in [2.75, 3.05) is 12.0 Å². The number of hydrogen-bond donors (Lipinski definition) is 1. The first kappa shape index (κ1) is 22.7. The highest BCUT2D eigenvalue weighted by Gasteiger charge is 2.54. The second-order valence-corrected chi connectivity index (χ2v) is 8.76. The normalized spacial score (nSPS) is 18.2. The third-order valence-corrected chi connectivity index (χ3v) is 6.32. The molecular weight excluding hydrogens is 486 g/mol. The average molecular weight is 508 g/mol. The smallest absolute Gasteiger partial charge is 0.335 e. The summed E-state index contributed by atoms with van der Waals surface area (Å²) in [6, 6.07) is 17.0. The number of barbiturate groups is 1. The van der Waals surface area contributed by atoms with Crippen LogP contribution in [-0.2, 0) is 22.4 Å². The highest BCUT2D eigenvalue weighted by molar-refractivity contribution is 9.10. The number of pyridine rings is 1. The molecule has 0 spiro atoms. The topological polar surface area (TPSA) is 88.6 Å². The van der Waals surface area contributed by atoms with Crippen molar-refractivity contribution in [3.05, 3.63) is 88.7 Å². The van der Waals surface area contributed by atoms with E-state index in [0.717, 1.165) is 20.5 Å². The van der Waals surface area contributed by atoms with Gasteiger partial charge < -0.3 is 4.74 Å². The van der Waals surface area contributed by atoms with Gasteiger partial charge in [-0.25, -0.2) is 9.69 Å². The second kappa shape index (κ2) is 9.54. The van der Waals surface area contributed by atoms with Crippen LogP contribution < -0.4 is 15.0 Å². The zero-order valence-electron chi connectivity index (χ0n) is 18.0. The van der Waals surface area contributed by atoms with Gasteiger partial charge in [0.2, 0.25) is 5.91 Å². The molecule has 1 atom stereocenters. The summed E-state index contributed by atoms with van der Waals surface area (Å²) in [5, 5.41) is 2.42. The number of benzene rings is 2. The van der Waals surface area contributed by atoms with Crippen LogP contribution in [0, 0.1) is 5.41 Å². The number of nitrogens with one attached hydrogen (secondary N) is 1. The zero-order valence-corrected chi connectivity index (χ0v) is 19.5. The van der Waals surface area contributed by atoms with Crippen molar-refractivity contribution in [2.24, 2.45) is 5.41 Å². The van der Waals surface area contributed by atoms with E-state index in [9.17, 15) is 14.4 Å². The van der Waals surface area contributed by atoms with E-state index in [1.54, 1.807) is 36.7 Å². The van der Waals surface area contributed by atoms with Gasteiger partial charge in [-0.15, -0.1) is 0 Å². The largest absolute Gasteiger partial charge is 0.497 e. The Bertz CT molecular complexity index is 1180. The minimum Gasteiger partial charge on any atom is -0.497 e. The Morgan fingerprint density at radius 3 is 2.42 bits per heavy atom. The number of urea groups is 1. The molecule has 3 aromatic rings. The maximum atomic E-state index is 13.9. The quantitative estimate of drug-likeness (QED) is 0.481. The number of rotatable bonds is 7. The third kappa shape index (κ3) is 4.66. The van der Waals surface area contributed by atoms with E-state index < -0.39 is 23.3 Å². The fraction of sp³-hybridized carbons (Fsp3) is 0.200. The van der Waals surface area contributed by atoms with Crippen LogP contribution in [0.15, 0.2) is 77.5 Å². The Labute approximate surface area is 199 Å². The van der Waals surface area contributed by atoms with Crippen LogP contribution in [0.1, 0.15) is 17.5 Å². The van der Waals surface area contributed by atoms with Crippen molar-refractivity contribution < 1.29 is 19.1 Å². The van der Waals surface area contributed by atoms with Crippen LogP contribution in [0.2, 0.25) is 0 Å². The Hall–Kier alpha value is -3.52. The van der Waals surface area contributed by atoms with Crippen LogP contribution in [0.5, 0.6) is 5.75 Å². The fourth-order valence-electron chi connectivity index (χ4n) is 3.98. The lowest BCUT2D eigenvalue weighted by Crippen LogP contribution is -2.65. The standard InChI is InChI=1S/C25H22BrN3O4/c1-33-21-4-2-3-20(15-21)29-23(31)25(22(30)28-24(29)32,12-9-17-10-13-27-14-11-17)16-18-5-7-19(26)8-6-18/h2-8,10-11,13-15H,9,12,16H2,1H3,(H,28,30,32)/t25-/m0/s1. The van der Waals surface area contributed by atoms with Gasteiger partial charge in [0.15, 0.2) is 0 Å². The molecule has 0 unspecified atom stereocenters. The van der Waals surface area contributed by atoms with Gasteiger partial charge in [-0.3, -0.25) is 19.9 Å². The highest BCUT2D eigenvalue weighted by atomic mass is 79.9. The van der Waals surface area contributed by atoms with Gasteiger partial charge in [0.1, 0.15) is 11.2 Å².